The van der Waals surface area contributed by atoms with E-state index in [1.807, 2.05) is 0 Å². The van der Waals surface area contributed by atoms with E-state index in [0.717, 1.165) is 26.3 Å². The van der Waals surface area contributed by atoms with E-state index in [2.05, 4.69) is 53.9 Å². The monoisotopic (exact) mass is 303 g/mol. The molecule has 1 heterocycles. The van der Waals surface area contributed by atoms with Crippen molar-refractivity contribution in [2.45, 2.75) is 37.9 Å². The first-order valence-corrected chi connectivity index (χ1v) is 8.55. The molecule has 2 aliphatic rings. The van der Waals surface area contributed by atoms with Crippen molar-refractivity contribution in [2.24, 2.45) is 5.92 Å². The van der Waals surface area contributed by atoms with Crippen LogP contribution >= 0.6 is 0 Å². The van der Waals surface area contributed by atoms with E-state index in [0.29, 0.717) is 18.0 Å². The Bertz CT molecular complexity index is 471. The van der Waals surface area contributed by atoms with Gasteiger partial charge in [-0.1, -0.05) is 24.6 Å². The second kappa shape index (κ2) is 7.44. The van der Waals surface area contributed by atoms with Crippen LogP contribution in [0.15, 0.2) is 24.3 Å². The van der Waals surface area contributed by atoms with Gasteiger partial charge in [0, 0.05) is 45.0 Å². The van der Waals surface area contributed by atoms with Gasteiger partial charge in [-0.05, 0) is 30.4 Å². The van der Waals surface area contributed by atoms with Gasteiger partial charge in [0.1, 0.15) is 0 Å². The van der Waals surface area contributed by atoms with Crippen LogP contribution in [0.25, 0.3) is 0 Å². The molecule has 1 aliphatic heterocycles. The number of para-hydroxylation sites is 1. The van der Waals surface area contributed by atoms with Crippen LogP contribution < -0.4 is 15.5 Å². The molecule has 0 bridgehead atoms. The second-order valence-corrected chi connectivity index (χ2v) is 6.74. The molecule has 1 aromatic carbocycles. The van der Waals surface area contributed by atoms with Crippen LogP contribution in [0.5, 0.6) is 0 Å². The van der Waals surface area contributed by atoms with Crippen LogP contribution in [0.4, 0.5) is 5.69 Å². The molecule has 0 aromatic heterocycles. The summed E-state index contributed by atoms with van der Waals surface area (Å²) in [6, 6.07) is 9.80. The minimum atomic E-state index is 0.526. The Balaban J connectivity index is 1.60. The van der Waals surface area contributed by atoms with Crippen molar-refractivity contribution >= 4 is 5.69 Å². The molecule has 3 rings (SSSR count). The average Bonchev–Trinajstić information content (AvgIpc) is 3.02. The predicted molar refractivity (Wildman–Crippen MR) is 91.3 cm³/mol. The summed E-state index contributed by atoms with van der Waals surface area (Å²) < 4.78 is 5.66. The molecule has 3 unspecified atom stereocenters. The van der Waals surface area contributed by atoms with Crippen molar-refractivity contribution in [2.75, 3.05) is 38.8 Å². The zero-order chi connectivity index (χ0) is 15.4. The Morgan fingerprint density at radius 1 is 1.27 bits per heavy atom. The highest BCUT2D eigenvalue weighted by Gasteiger charge is 2.34. The quantitative estimate of drug-likeness (QED) is 0.872. The van der Waals surface area contributed by atoms with Gasteiger partial charge in [0.2, 0.25) is 0 Å². The molecule has 0 radical (unpaired) electrons. The molecule has 4 nitrogen and oxygen atoms in total. The third kappa shape index (κ3) is 3.62. The van der Waals surface area contributed by atoms with Gasteiger partial charge >= 0.3 is 0 Å². The van der Waals surface area contributed by atoms with Crippen molar-refractivity contribution in [3.05, 3.63) is 29.8 Å². The molecule has 0 amide bonds. The highest BCUT2D eigenvalue weighted by atomic mass is 16.5. The number of benzene rings is 1. The van der Waals surface area contributed by atoms with Crippen LogP contribution in [-0.4, -0.2) is 45.9 Å². The van der Waals surface area contributed by atoms with Gasteiger partial charge in [-0.15, -0.1) is 0 Å². The van der Waals surface area contributed by atoms with Gasteiger partial charge in [0.25, 0.3) is 0 Å². The number of rotatable bonds is 5. The molecule has 0 spiro atoms. The molecule has 4 heteroatoms. The number of nitrogens with one attached hydrogen (secondary N) is 2. The molecule has 1 saturated heterocycles. The minimum Gasteiger partial charge on any atom is -0.379 e. The lowest BCUT2D eigenvalue weighted by atomic mass is 9.94. The molecular weight excluding hydrogens is 274 g/mol. The first-order valence-electron chi connectivity index (χ1n) is 8.55. The number of morpholine rings is 1. The zero-order valence-corrected chi connectivity index (χ0v) is 13.8. The van der Waals surface area contributed by atoms with E-state index in [1.54, 1.807) is 0 Å². The fraction of sp³-hybridized carbons (Fsp3) is 0.667. The van der Waals surface area contributed by atoms with E-state index in [4.69, 9.17) is 4.74 Å². The molecule has 2 N–H and O–H groups in total. The highest BCUT2D eigenvalue weighted by molar-refractivity contribution is 5.52. The van der Waals surface area contributed by atoms with Crippen molar-refractivity contribution < 1.29 is 4.74 Å². The van der Waals surface area contributed by atoms with Gasteiger partial charge < -0.3 is 20.3 Å². The van der Waals surface area contributed by atoms with E-state index < -0.39 is 0 Å². The van der Waals surface area contributed by atoms with Gasteiger partial charge in [-0.3, -0.25) is 0 Å². The number of hydrogen-bond donors (Lipinski definition) is 2. The van der Waals surface area contributed by atoms with Crippen LogP contribution in [0.2, 0.25) is 0 Å². The summed E-state index contributed by atoms with van der Waals surface area (Å²) in [5, 5.41) is 7.46. The maximum absolute atomic E-state index is 5.66. The number of nitrogens with zero attached hydrogens (tertiary/aromatic N) is 1. The standard InChI is InChI=1S/C18H29N3O/c1-21(2)18-9-4-3-6-14(18)12-20-16-8-5-7-15(16)17-13-22-11-10-19-17/h3-4,6,9,15-17,19-20H,5,7-8,10-13H2,1-2H3. The first kappa shape index (κ1) is 15.8. The minimum absolute atomic E-state index is 0.526. The van der Waals surface area contributed by atoms with Gasteiger partial charge in [-0.25, -0.2) is 0 Å². The summed E-state index contributed by atoms with van der Waals surface area (Å²) in [4.78, 5) is 2.19. The Kier molecular flexibility index (Phi) is 5.34. The SMILES string of the molecule is CN(C)c1ccccc1CNC1CCCC1C1COCCN1. The van der Waals surface area contributed by atoms with Gasteiger partial charge in [0.05, 0.1) is 13.2 Å². The molecular formula is C18H29N3O. The number of hydrogen-bond acceptors (Lipinski definition) is 4. The number of anilines is 1. The normalized spacial score (nSPS) is 28.7. The third-order valence-electron chi connectivity index (χ3n) is 5.06. The average molecular weight is 303 g/mol. The topological polar surface area (TPSA) is 36.5 Å². The Hall–Kier alpha value is -1.10. The van der Waals surface area contributed by atoms with Gasteiger partial charge in [0.15, 0.2) is 0 Å². The van der Waals surface area contributed by atoms with Crippen LogP contribution in [0, 0.1) is 5.92 Å². The summed E-state index contributed by atoms with van der Waals surface area (Å²) in [5.41, 5.74) is 2.69. The molecule has 1 saturated carbocycles. The number of ether oxygens (including phenoxy) is 1. The molecule has 3 atom stereocenters. The van der Waals surface area contributed by atoms with Crippen LogP contribution in [0.1, 0.15) is 24.8 Å². The lowest BCUT2D eigenvalue weighted by Crippen LogP contribution is -2.50. The maximum Gasteiger partial charge on any atom is 0.0623 e. The van der Waals surface area contributed by atoms with E-state index in [1.165, 1.54) is 30.5 Å². The third-order valence-corrected chi connectivity index (χ3v) is 5.06. The Labute approximate surface area is 134 Å². The van der Waals surface area contributed by atoms with Crippen molar-refractivity contribution in [3.63, 3.8) is 0 Å². The van der Waals surface area contributed by atoms with E-state index >= 15 is 0 Å². The molecule has 2 fully saturated rings. The van der Waals surface area contributed by atoms with E-state index in [9.17, 15) is 0 Å². The Morgan fingerprint density at radius 2 is 2.14 bits per heavy atom. The van der Waals surface area contributed by atoms with Gasteiger partial charge in [-0.2, -0.15) is 0 Å². The smallest absolute Gasteiger partial charge is 0.0623 e. The van der Waals surface area contributed by atoms with Crippen molar-refractivity contribution in [1.82, 2.24) is 10.6 Å². The summed E-state index contributed by atoms with van der Waals surface area (Å²) in [6.45, 7) is 3.68. The van der Waals surface area contributed by atoms with E-state index in [-0.39, 0.29) is 0 Å². The second-order valence-electron chi connectivity index (χ2n) is 6.74. The van der Waals surface area contributed by atoms with Crippen LogP contribution in [-0.2, 0) is 11.3 Å². The molecule has 22 heavy (non-hydrogen) atoms. The maximum atomic E-state index is 5.66. The van der Waals surface area contributed by atoms with Crippen molar-refractivity contribution in [3.8, 4) is 0 Å². The largest absolute Gasteiger partial charge is 0.379 e. The lowest BCUT2D eigenvalue weighted by molar-refractivity contribution is 0.0524. The summed E-state index contributed by atoms with van der Waals surface area (Å²) in [5.74, 6) is 0.701. The fourth-order valence-corrected chi connectivity index (χ4v) is 3.92. The predicted octanol–water partition coefficient (Wildman–Crippen LogP) is 2.00. The zero-order valence-electron chi connectivity index (χ0n) is 13.8. The molecule has 122 valence electrons. The summed E-state index contributed by atoms with van der Waals surface area (Å²) >= 11 is 0. The highest BCUT2D eigenvalue weighted by Crippen LogP contribution is 2.30. The van der Waals surface area contributed by atoms with Crippen molar-refractivity contribution in [1.29, 1.82) is 0 Å². The Morgan fingerprint density at radius 3 is 2.91 bits per heavy atom. The molecule has 1 aliphatic carbocycles. The first-order chi connectivity index (χ1) is 10.8. The molecule has 1 aromatic rings. The summed E-state index contributed by atoms with van der Waals surface area (Å²) in [6.07, 6.45) is 3.93. The summed E-state index contributed by atoms with van der Waals surface area (Å²) in [7, 11) is 4.22. The fourth-order valence-electron chi connectivity index (χ4n) is 3.92. The lowest BCUT2D eigenvalue weighted by Gasteiger charge is -2.33. The van der Waals surface area contributed by atoms with Crippen LogP contribution in [0.3, 0.4) is 0 Å².